The van der Waals surface area contributed by atoms with Crippen molar-refractivity contribution in [2.24, 2.45) is 0 Å². The Morgan fingerprint density at radius 1 is 1.43 bits per heavy atom. The molecule has 2 N–H and O–H groups in total. The highest BCUT2D eigenvalue weighted by Gasteiger charge is 2.30. The molecule has 1 aromatic rings. The predicted molar refractivity (Wildman–Crippen MR) is 74.4 cm³/mol. The van der Waals surface area contributed by atoms with Gasteiger partial charge in [0.2, 0.25) is 5.91 Å². The van der Waals surface area contributed by atoms with Crippen molar-refractivity contribution >= 4 is 23.2 Å². The fourth-order valence-corrected chi connectivity index (χ4v) is 1.88. The van der Waals surface area contributed by atoms with Crippen LogP contribution in [0.4, 0.5) is 18.9 Å². The number of carbonyl (C=O) groups excluding carboxylic acids is 1. The lowest BCUT2D eigenvalue weighted by atomic mass is 10.2. The number of nitrogens with one attached hydrogen (secondary N) is 2. The third kappa shape index (κ3) is 5.81. The summed E-state index contributed by atoms with van der Waals surface area (Å²) in [4.78, 5) is 11.6. The van der Waals surface area contributed by atoms with Crippen LogP contribution in [0.5, 0.6) is 0 Å². The first kappa shape index (κ1) is 17.6. The SMILES string of the molecule is COCC(C)NC(=O)CNc1ccc(C(F)(F)F)cc1Cl. The molecule has 0 aliphatic rings. The Labute approximate surface area is 125 Å². The van der Waals surface area contributed by atoms with Crippen molar-refractivity contribution in [3.05, 3.63) is 28.8 Å². The van der Waals surface area contributed by atoms with Gasteiger partial charge >= 0.3 is 6.18 Å². The molecular formula is C13H16ClF3N2O2. The number of hydrogen-bond donors (Lipinski definition) is 2. The van der Waals surface area contributed by atoms with Gasteiger partial charge in [0.1, 0.15) is 0 Å². The number of amides is 1. The molecule has 4 nitrogen and oxygen atoms in total. The van der Waals surface area contributed by atoms with Crippen LogP contribution in [-0.4, -0.2) is 32.2 Å². The first-order valence-corrected chi connectivity index (χ1v) is 6.50. The van der Waals surface area contributed by atoms with Gasteiger partial charge in [-0.1, -0.05) is 11.6 Å². The van der Waals surface area contributed by atoms with Gasteiger partial charge in [0.15, 0.2) is 0 Å². The number of hydrogen-bond acceptors (Lipinski definition) is 3. The Hall–Kier alpha value is -1.47. The molecule has 1 unspecified atom stereocenters. The Bertz CT molecular complexity index is 495. The minimum atomic E-state index is -4.45. The molecule has 1 atom stereocenters. The molecule has 0 saturated heterocycles. The highest BCUT2D eigenvalue weighted by Crippen LogP contribution is 2.33. The maximum Gasteiger partial charge on any atom is 0.416 e. The highest BCUT2D eigenvalue weighted by atomic mass is 35.5. The summed E-state index contributed by atoms with van der Waals surface area (Å²) in [6, 6.07) is 2.75. The van der Waals surface area contributed by atoms with Crippen molar-refractivity contribution in [1.82, 2.24) is 5.32 Å². The normalized spacial score (nSPS) is 12.9. The summed E-state index contributed by atoms with van der Waals surface area (Å²) in [5.41, 5.74) is -0.574. The van der Waals surface area contributed by atoms with Gasteiger partial charge in [0.25, 0.3) is 0 Å². The maximum atomic E-state index is 12.5. The summed E-state index contributed by atoms with van der Waals surface area (Å²) < 4.78 is 42.3. The van der Waals surface area contributed by atoms with Gasteiger partial charge in [0.05, 0.1) is 29.4 Å². The van der Waals surface area contributed by atoms with Crippen LogP contribution in [0.15, 0.2) is 18.2 Å². The molecule has 0 bridgehead atoms. The van der Waals surface area contributed by atoms with E-state index in [0.29, 0.717) is 6.61 Å². The number of benzene rings is 1. The van der Waals surface area contributed by atoms with E-state index in [1.54, 1.807) is 6.92 Å². The second kappa shape index (κ2) is 7.51. The molecule has 0 spiro atoms. The third-order valence-electron chi connectivity index (χ3n) is 2.56. The van der Waals surface area contributed by atoms with Crippen LogP contribution in [-0.2, 0) is 15.7 Å². The van der Waals surface area contributed by atoms with Crippen LogP contribution in [0.2, 0.25) is 5.02 Å². The average Bonchev–Trinajstić information content (AvgIpc) is 2.36. The number of methoxy groups -OCH3 is 1. The number of rotatable bonds is 6. The number of alkyl halides is 3. The number of ether oxygens (including phenoxy) is 1. The predicted octanol–water partition coefficient (Wildman–Crippen LogP) is 2.92. The molecule has 0 aliphatic carbocycles. The molecular weight excluding hydrogens is 309 g/mol. The van der Waals surface area contributed by atoms with Gasteiger partial charge < -0.3 is 15.4 Å². The van der Waals surface area contributed by atoms with E-state index in [1.165, 1.54) is 13.2 Å². The molecule has 0 radical (unpaired) electrons. The minimum absolute atomic E-state index is 0.0948. The third-order valence-corrected chi connectivity index (χ3v) is 2.87. The van der Waals surface area contributed by atoms with Crippen molar-refractivity contribution in [1.29, 1.82) is 0 Å². The van der Waals surface area contributed by atoms with Crippen LogP contribution in [0, 0.1) is 0 Å². The van der Waals surface area contributed by atoms with Crippen molar-refractivity contribution in [3.8, 4) is 0 Å². The summed E-state index contributed by atoms with van der Waals surface area (Å²) in [6.07, 6.45) is -4.45. The van der Waals surface area contributed by atoms with E-state index in [-0.39, 0.29) is 29.2 Å². The highest BCUT2D eigenvalue weighted by molar-refractivity contribution is 6.33. The second-order valence-electron chi connectivity index (χ2n) is 4.47. The molecule has 21 heavy (non-hydrogen) atoms. The molecule has 1 rings (SSSR count). The van der Waals surface area contributed by atoms with Gasteiger partial charge in [-0.15, -0.1) is 0 Å². The van der Waals surface area contributed by atoms with E-state index >= 15 is 0 Å². The lowest BCUT2D eigenvalue weighted by molar-refractivity contribution is -0.137. The first-order valence-electron chi connectivity index (χ1n) is 6.13. The molecule has 0 saturated carbocycles. The Kier molecular flexibility index (Phi) is 6.29. The summed E-state index contributed by atoms with van der Waals surface area (Å²) >= 11 is 5.76. The van der Waals surface area contributed by atoms with Gasteiger partial charge in [-0.05, 0) is 25.1 Å². The standard InChI is InChI=1S/C13H16ClF3N2O2/c1-8(7-21-2)19-12(20)6-18-11-4-3-9(5-10(11)14)13(15,16)17/h3-5,8,18H,6-7H2,1-2H3,(H,19,20). The molecule has 1 aromatic carbocycles. The Morgan fingerprint density at radius 3 is 2.62 bits per heavy atom. The van der Waals surface area contributed by atoms with Crippen molar-refractivity contribution in [2.75, 3.05) is 25.6 Å². The van der Waals surface area contributed by atoms with E-state index in [2.05, 4.69) is 10.6 Å². The Morgan fingerprint density at radius 2 is 2.10 bits per heavy atom. The van der Waals surface area contributed by atoms with Crippen LogP contribution in [0.3, 0.4) is 0 Å². The summed E-state index contributed by atoms with van der Waals surface area (Å²) in [6.45, 7) is 2.04. The topological polar surface area (TPSA) is 50.4 Å². The van der Waals surface area contributed by atoms with E-state index in [9.17, 15) is 18.0 Å². The van der Waals surface area contributed by atoms with E-state index in [1.807, 2.05) is 0 Å². The van der Waals surface area contributed by atoms with E-state index in [0.717, 1.165) is 12.1 Å². The zero-order valence-corrected chi connectivity index (χ0v) is 12.3. The largest absolute Gasteiger partial charge is 0.416 e. The molecule has 0 heterocycles. The van der Waals surface area contributed by atoms with Gasteiger partial charge in [0, 0.05) is 13.2 Å². The van der Waals surface area contributed by atoms with Gasteiger partial charge in [-0.2, -0.15) is 13.2 Å². The Balaban J connectivity index is 2.58. The number of anilines is 1. The van der Waals surface area contributed by atoms with Crippen molar-refractivity contribution < 1.29 is 22.7 Å². The fraction of sp³-hybridized carbons (Fsp3) is 0.462. The first-order chi connectivity index (χ1) is 9.74. The second-order valence-corrected chi connectivity index (χ2v) is 4.88. The summed E-state index contributed by atoms with van der Waals surface area (Å²) in [5.74, 6) is -0.310. The molecule has 0 aliphatic heterocycles. The molecule has 0 aromatic heterocycles. The quantitative estimate of drug-likeness (QED) is 0.846. The van der Waals surface area contributed by atoms with Crippen LogP contribution < -0.4 is 10.6 Å². The molecule has 8 heteroatoms. The van der Waals surface area contributed by atoms with Crippen LogP contribution in [0.1, 0.15) is 12.5 Å². The van der Waals surface area contributed by atoms with E-state index in [4.69, 9.17) is 16.3 Å². The van der Waals surface area contributed by atoms with Crippen LogP contribution >= 0.6 is 11.6 Å². The smallest absolute Gasteiger partial charge is 0.383 e. The minimum Gasteiger partial charge on any atom is -0.383 e. The zero-order valence-electron chi connectivity index (χ0n) is 11.6. The fourth-order valence-electron chi connectivity index (χ4n) is 1.63. The molecule has 118 valence electrons. The number of carbonyl (C=O) groups is 1. The van der Waals surface area contributed by atoms with Crippen LogP contribution in [0.25, 0.3) is 0 Å². The number of halogens is 4. The summed E-state index contributed by atoms with van der Waals surface area (Å²) in [7, 11) is 1.52. The monoisotopic (exact) mass is 324 g/mol. The maximum absolute atomic E-state index is 12.5. The van der Waals surface area contributed by atoms with Gasteiger partial charge in [-0.25, -0.2) is 0 Å². The van der Waals surface area contributed by atoms with Crippen molar-refractivity contribution in [2.45, 2.75) is 19.1 Å². The summed E-state index contributed by atoms with van der Waals surface area (Å²) in [5, 5.41) is 5.25. The zero-order chi connectivity index (χ0) is 16.0. The molecule has 0 fully saturated rings. The van der Waals surface area contributed by atoms with E-state index < -0.39 is 11.7 Å². The lowest BCUT2D eigenvalue weighted by Crippen LogP contribution is -2.39. The lowest BCUT2D eigenvalue weighted by Gasteiger charge is -2.14. The molecule has 1 amide bonds. The van der Waals surface area contributed by atoms with Crippen molar-refractivity contribution in [3.63, 3.8) is 0 Å². The van der Waals surface area contributed by atoms with Gasteiger partial charge in [-0.3, -0.25) is 4.79 Å². The average molecular weight is 325 g/mol.